The average Bonchev–Trinajstić information content (AvgIpc) is 2.62. The summed E-state index contributed by atoms with van der Waals surface area (Å²) in [6, 6.07) is 18.9. The van der Waals surface area contributed by atoms with E-state index < -0.39 is 8.40 Å². The van der Waals surface area contributed by atoms with Crippen molar-refractivity contribution in [3.05, 3.63) is 96.3 Å². The van der Waals surface area contributed by atoms with E-state index in [9.17, 15) is 9.59 Å². The maximum atomic E-state index is 12.4. The second kappa shape index (κ2) is 8.80. The van der Waals surface area contributed by atoms with Gasteiger partial charge in [-0.15, -0.1) is 13.2 Å². The van der Waals surface area contributed by atoms with Crippen LogP contribution in [0.5, 0.6) is 0 Å². The summed E-state index contributed by atoms with van der Waals surface area (Å²) in [4.78, 5) is 30.6. The first-order chi connectivity index (χ1) is 12.1. The number of carbonyl (C=O) groups is 2. The Kier molecular flexibility index (Phi) is 6.48. The molecule has 25 heavy (non-hydrogen) atoms. The summed E-state index contributed by atoms with van der Waals surface area (Å²) in [6.07, 6.45) is 0.484. The molecule has 0 fully saturated rings. The topological polar surface area (TPSA) is 58.2 Å². The van der Waals surface area contributed by atoms with Gasteiger partial charge in [0.1, 0.15) is 0 Å². The highest BCUT2D eigenvalue weighted by atomic mass is 28.3. The molecule has 0 saturated carbocycles. The molecule has 0 atom stereocenters. The zero-order valence-corrected chi connectivity index (χ0v) is 15.1. The second-order valence-electron chi connectivity index (χ2n) is 5.70. The minimum absolute atomic E-state index is 0.169. The molecule has 0 aliphatic carbocycles. The summed E-state index contributed by atoms with van der Waals surface area (Å²) in [6.45, 7) is 7.57. The molecule has 2 N–H and O–H groups in total. The van der Waals surface area contributed by atoms with Crippen molar-refractivity contribution in [3.8, 4) is 0 Å². The predicted molar refractivity (Wildman–Crippen MR) is 103 cm³/mol. The van der Waals surface area contributed by atoms with Crippen LogP contribution < -0.4 is 9.96 Å². The molecule has 0 saturated heterocycles. The number of carbonyl (C=O) groups excluding carboxylic acids is 2. The minimum Gasteiger partial charge on any atom is -0.358 e. The van der Waals surface area contributed by atoms with E-state index in [-0.39, 0.29) is 24.7 Å². The van der Waals surface area contributed by atoms with Crippen LogP contribution in [0, 0.1) is 0 Å². The lowest BCUT2D eigenvalue weighted by molar-refractivity contribution is -0.119. The van der Waals surface area contributed by atoms with Gasteiger partial charge in [0, 0.05) is 0 Å². The zero-order chi connectivity index (χ0) is 18.1. The molecule has 2 amide bonds. The van der Waals surface area contributed by atoms with Gasteiger partial charge in [-0.2, -0.15) is 0 Å². The van der Waals surface area contributed by atoms with Crippen molar-refractivity contribution in [1.82, 2.24) is 9.96 Å². The number of rotatable bonds is 8. The summed E-state index contributed by atoms with van der Waals surface area (Å²) in [7, 11) is -2.85. The number of hydrogen-bond donors (Lipinski definition) is 2. The molecule has 2 aromatic rings. The fourth-order valence-electron chi connectivity index (χ4n) is 2.43. The Balaban J connectivity index is 2.01. The number of hydrogen-bond acceptors (Lipinski definition) is 2. The van der Waals surface area contributed by atoms with Crippen molar-refractivity contribution >= 4 is 20.2 Å². The van der Waals surface area contributed by atoms with Crippen molar-refractivity contribution in [1.29, 1.82) is 0 Å². The van der Waals surface area contributed by atoms with E-state index in [0.717, 1.165) is 11.1 Å². The van der Waals surface area contributed by atoms with E-state index in [1.54, 1.807) is 11.4 Å². The molecule has 0 aromatic heterocycles. The van der Waals surface area contributed by atoms with Crippen LogP contribution in [0.1, 0.15) is 11.1 Å². The van der Waals surface area contributed by atoms with Crippen molar-refractivity contribution in [2.24, 2.45) is 0 Å². The standard InChI is InChI=1S/C20H22N2O2Si/c1-3-25(4-2,21-19(23)15-17-11-7-5-8-12-17)22-20(24)16-18-13-9-6-10-14-18/h3-14H,1-2,15-16H2,(H,21,23)(H,22,24). The Morgan fingerprint density at radius 3 is 1.44 bits per heavy atom. The highest BCUT2D eigenvalue weighted by molar-refractivity contribution is 6.87. The van der Waals surface area contributed by atoms with Gasteiger partial charge in [-0.1, -0.05) is 72.1 Å². The summed E-state index contributed by atoms with van der Waals surface area (Å²) in [5, 5.41) is 0. The van der Waals surface area contributed by atoms with Crippen LogP contribution in [0.4, 0.5) is 0 Å². The van der Waals surface area contributed by atoms with Crippen LogP contribution in [0.15, 0.2) is 85.2 Å². The number of amides is 2. The van der Waals surface area contributed by atoms with Gasteiger partial charge in [0.25, 0.3) is 0 Å². The fourth-order valence-corrected chi connectivity index (χ4v) is 4.17. The Morgan fingerprint density at radius 1 is 0.760 bits per heavy atom. The Labute approximate surface area is 149 Å². The van der Waals surface area contributed by atoms with E-state index >= 15 is 0 Å². The molecular weight excluding hydrogens is 328 g/mol. The maximum Gasteiger partial charge on any atom is 0.314 e. The third-order valence-corrected chi connectivity index (χ3v) is 6.42. The molecule has 0 aliphatic heterocycles. The van der Waals surface area contributed by atoms with Gasteiger partial charge < -0.3 is 9.96 Å². The predicted octanol–water partition coefficient (Wildman–Crippen LogP) is 2.60. The zero-order valence-electron chi connectivity index (χ0n) is 14.1. The monoisotopic (exact) mass is 350 g/mol. The molecule has 0 radical (unpaired) electrons. The first kappa shape index (κ1) is 18.4. The van der Waals surface area contributed by atoms with Crippen LogP contribution >= 0.6 is 0 Å². The molecular formula is C20H22N2O2Si. The highest BCUT2D eigenvalue weighted by Gasteiger charge is 2.31. The van der Waals surface area contributed by atoms with Gasteiger partial charge in [0.05, 0.1) is 12.8 Å². The summed E-state index contributed by atoms with van der Waals surface area (Å²) >= 11 is 0. The van der Waals surface area contributed by atoms with Gasteiger partial charge in [0.15, 0.2) is 0 Å². The molecule has 5 heteroatoms. The molecule has 128 valence electrons. The first-order valence-electron chi connectivity index (χ1n) is 8.04. The van der Waals surface area contributed by atoms with E-state index in [0.29, 0.717) is 0 Å². The lowest BCUT2D eigenvalue weighted by Crippen LogP contribution is -2.64. The molecule has 2 aromatic carbocycles. The smallest absolute Gasteiger partial charge is 0.314 e. The molecule has 0 spiro atoms. The Bertz CT molecular complexity index is 679. The van der Waals surface area contributed by atoms with E-state index in [1.807, 2.05) is 60.7 Å². The van der Waals surface area contributed by atoms with Gasteiger partial charge in [-0.05, 0) is 11.1 Å². The van der Waals surface area contributed by atoms with Gasteiger partial charge in [-0.25, -0.2) is 0 Å². The average molecular weight is 350 g/mol. The normalized spacial score (nSPS) is 10.6. The molecule has 0 aliphatic rings. The highest BCUT2D eigenvalue weighted by Crippen LogP contribution is 2.05. The van der Waals surface area contributed by atoms with Crippen LogP contribution in [0.3, 0.4) is 0 Å². The summed E-state index contributed by atoms with van der Waals surface area (Å²) in [5.41, 5.74) is 5.02. The van der Waals surface area contributed by atoms with Crippen molar-refractivity contribution in [3.63, 3.8) is 0 Å². The maximum absolute atomic E-state index is 12.4. The Morgan fingerprint density at radius 2 is 1.12 bits per heavy atom. The SMILES string of the molecule is C=C[Si](C=C)(NC(=O)Cc1ccccc1)NC(=O)Cc1ccccc1. The van der Waals surface area contributed by atoms with E-state index in [1.165, 1.54) is 0 Å². The van der Waals surface area contributed by atoms with Gasteiger partial charge in [-0.3, -0.25) is 9.59 Å². The van der Waals surface area contributed by atoms with Crippen molar-refractivity contribution in [2.75, 3.05) is 0 Å². The van der Waals surface area contributed by atoms with E-state index in [2.05, 4.69) is 23.1 Å². The third kappa shape index (κ3) is 5.58. The first-order valence-corrected chi connectivity index (χ1v) is 10.2. The quantitative estimate of drug-likeness (QED) is 0.719. The fraction of sp³-hybridized carbons (Fsp3) is 0.100. The molecule has 4 nitrogen and oxygen atoms in total. The van der Waals surface area contributed by atoms with Crippen molar-refractivity contribution < 1.29 is 9.59 Å². The molecule has 0 unspecified atom stereocenters. The van der Waals surface area contributed by atoms with Crippen LogP contribution in [-0.2, 0) is 22.4 Å². The Hall–Kier alpha value is -2.92. The van der Waals surface area contributed by atoms with Crippen LogP contribution in [0.25, 0.3) is 0 Å². The van der Waals surface area contributed by atoms with Crippen LogP contribution in [0.2, 0.25) is 0 Å². The van der Waals surface area contributed by atoms with Gasteiger partial charge in [0.2, 0.25) is 11.8 Å². The molecule has 0 bridgehead atoms. The van der Waals surface area contributed by atoms with Gasteiger partial charge >= 0.3 is 8.40 Å². The molecule has 0 heterocycles. The minimum atomic E-state index is -2.85. The third-order valence-electron chi connectivity index (χ3n) is 3.75. The second-order valence-corrected chi connectivity index (χ2v) is 8.75. The van der Waals surface area contributed by atoms with E-state index in [4.69, 9.17) is 0 Å². The largest absolute Gasteiger partial charge is 0.358 e. The van der Waals surface area contributed by atoms with Crippen LogP contribution in [-0.4, -0.2) is 20.2 Å². The number of benzene rings is 2. The lowest BCUT2D eigenvalue weighted by Gasteiger charge is -2.26. The lowest BCUT2D eigenvalue weighted by atomic mass is 10.1. The van der Waals surface area contributed by atoms with Crippen molar-refractivity contribution in [2.45, 2.75) is 12.8 Å². The summed E-state index contributed by atoms with van der Waals surface area (Å²) < 4.78 is 0. The number of nitrogens with one attached hydrogen (secondary N) is 2. The summed E-state index contributed by atoms with van der Waals surface area (Å²) in [5.74, 6) is -0.338. The molecule has 2 rings (SSSR count).